The molecule has 0 aliphatic rings. The highest BCUT2D eigenvalue weighted by molar-refractivity contribution is 5.79. The maximum atomic E-state index is 13.7. The number of halogens is 4. The lowest BCUT2D eigenvalue weighted by Gasteiger charge is -2.13. The van der Waals surface area contributed by atoms with Crippen LogP contribution in [0.2, 0.25) is 0 Å². The van der Waals surface area contributed by atoms with E-state index in [-0.39, 0.29) is 30.0 Å². The molecule has 2 nitrogen and oxygen atoms in total. The Balaban J connectivity index is 1.73. The van der Waals surface area contributed by atoms with Crippen LogP contribution in [-0.4, -0.2) is 11.6 Å². The van der Waals surface area contributed by atoms with Gasteiger partial charge in [-0.15, -0.1) is 0 Å². The fourth-order valence-corrected chi connectivity index (χ4v) is 2.45. The van der Waals surface area contributed by atoms with Crippen LogP contribution in [0.3, 0.4) is 0 Å². The molecule has 6 heteroatoms. The lowest BCUT2D eigenvalue weighted by atomic mass is 10.0. The zero-order chi connectivity index (χ0) is 17.2. The maximum absolute atomic E-state index is 13.7. The SMILES string of the molecule is Fc1cccc2ccc(OCCc3ccccc3C(F)(F)F)nc12. The molecule has 0 spiro atoms. The van der Waals surface area contributed by atoms with Gasteiger partial charge in [-0.3, -0.25) is 0 Å². The normalized spacial score (nSPS) is 11.7. The van der Waals surface area contributed by atoms with Crippen LogP contribution in [-0.2, 0) is 12.6 Å². The summed E-state index contributed by atoms with van der Waals surface area (Å²) in [5.41, 5.74) is -0.353. The number of rotatable bonds is 4. The number of hydrogen-bond donors (Lipinski definition) is 0. The van der Waals surface area contributed by atoms with Gasteiger partial charge in [-0.2, -0.15) is 13.2 Å². The summed E-state index contributed by atoms with van der Waals surface area (Å²) in [6.07, 6.45) is -4.33. The fraction of sp³-hybridized carbons (Fsp3) is 0.167. The molecule has 2 aromatic carbocycles. The van der Waals surface area contributed by atoms with Crippen LogP contribution >= 0.6 is 0 Å². The number of ether oxygens (including phenoxy) is 1. The van der Waals surface area contributed by atoms with E-state index in [1.54, 1.807) is 30.3 Å². The van der Waals surface area contributed by atoms with Crippen LogP contribution in [0.5, 0.6) is 5.88 Å². The Kier molecular flexibility index (Phi) is 4.38. The van der Waals surface area contributed by atoms with Crippen molar-refractivity contribution in [3.8, 4) is 5.88 Å². The van der Waals surface area contributed by atoms with Crippen molar-refractivity contribution in [3.63, 3.8) is 0 Å². The average molecular weight is 335 g/mol. The summed E-state index contributed by atoms with van der Waals surface area (Å²) in [6, 6.07) is 13.2. The van der Waals surface area contributed by atoms with E-state index in [0.29, 0.717) is 5.39 Å². The van der Waals surface area contributed by atoms with Crippen molar-refractivity contribution in [2.75, 3.05) is 6.61 Å². The Morgan fingerprint density at radius 3 is 2.50 bits per heavy atom. The third-order valence-electron chi connectivity index (χ3n) is 3.59. The minimum atomic E-state index is -4.40. The number of aromatic nitrogens is 1. The van der Waals surface area contributed by atoms with Crippen LogP contribution in [0.4, 0.5) is 17.6 Å². The highest BCUT2D eigenvalue weighted by Crippen LogP contribution is 2.32. The molecule has 0 fully saturated rings. The summed E-state index contributed by atoms with van der Waals surface area (Å²) >= 11 is 0. The van der Waals surface area contributed by atoms with E-state index in [0.717, 1.165) is 6.07 Å². The molecule has 0 saturated heterocycles. The maximum Gasteiger partial charge on any atom is 0.416 e. The Morgan fingerprint density at radius 2 is 1.71 bits per heavy atom. The van der Waals surface area contributed by atoms with Gasteiger partial charge in [0.1, 0.15) is 11.3 Å². The molecule has 3 aromatic rings. The van der Waals surface area contributed by atoms with Gasteiger partial charge in [0, 0.05) is 17.9 Å². The zero-order valence-electron chi connectivity index (χ0n) is 12.5. The van der Waals surface area contributed by atoms with Gasteiger partial charge in [0.15, 0.2) is 0 Å². The van der Waals surface area contributed by atoms with Crippen LogP contribution in [0.15, 0.2) is 54.6 Å². The number of para-hydroxylation sites is 1. The molecule has 0 unspecified atom stereocenters. The number of fused-ring (bicyclic) bond motifs is 1. The Morgan fingerprint density at radius 1 is 0.917 bits per heavy atom. The van der Waals surface area contributed by atoms with Crippen molar-refractivity contribution in [2.45, 2.75) is 12.6 Å². The predicted molar refractivity (Wildman–Crippen MR) is 82.3 cm³/mol. The van der Waals surface area contributed by atoms with Crippen molar-refractivity contribution in [1.82, 2.24) is 4.98 Å². The highest BCUT2D eigenvalue weighted by Gasteiger charge is 2.32. The molecular weight excluding hydrogens is 322 g/mol. The van der Waals surface area contributed by atoms with E-state index in [2.05, 4.69) is 4.98 Å². The third-order valence-corrected chi connectivity index (χ3v) is 3.59. The van der Waals surface area contributed by atoms with E-state index >= 15 is 0 Å². The van der Waals surface area contributed by atoms with Crippen molar-refractivity contribution in [2.24, 2.45) is 0 Å². The van der Waals surface area contributed by atoms with Gasteiger partial charge in [-0.25, -0.2) is 9.37 Å². The predicted octanol–water partition coefficient (Wildman–Crippen LogP) is 5.01. The number of pyridine rings is 1. The number of alkyl halides is 3. The first kappa shape index (κ1) is 16.2. The summed E-state index contributed by atoms with van der Waals surface area (Å²) in [5.74, 6) is -0.294. The lowest BCUT2D eigenvalue weighted by molar-refractivity contribution is -0.138. The minimum Gasteiger partial charge on any atom is -0.477 e. The first-order valence-corrected chi connectivity index (χ1v) is 7.28. The Labute approximate surface area is 135 Å². The van der Waals surface area contributed by atoms with Crippen molar-refractivity contribution in [3.05, 3.63) is 71.5 Å². The average Bonchev–Trinajstić information content (AvgIpc) is 2.55. The molecule has 1 heterocycles. The molecule has 0 N–H and O–H groups in total. The van der Waals surface area contributed by atoms with E-state index in [1.807, 2.05) is 0 Å². The van der Waals surface area contributed by atoms with Gasteiger partial charge in [-0.05, 0) is 23.8 Å². The minimum absolute atomic E-state index is 0.0139. The summed E-state index contributed by atoms with van der Waals surface area (Å²) in [4.78, 5) is 4.06. The molecule has 0 radical (unpaired) electrons. The molecule has 0 saturated carbocycles. The van der Waals surface area contributed by atoms with Gasteiger partial charge in [0.05, 0.1) is 12.2 Å². The number of nitrogens with zero attached hydrogens (tertiary/aromatic N) is 1. The van der Waals surface area contributed by atoms with Crippen molar-refractivity contribution >= 4 is 10.9 Å². The van der Waals surface area contributed by atoms with Crippen LogP contribution in [0.1, 0.15) is 11.1 Å². The topological polar surface area (TPSA) is 22.1 Å². The first-order valence-electron chi connectivity index (χ1n) is 7.28. The van der Waals surface area contributed by atoms with E-state index in [1.165, 1.54) is 18.2 Å². The van der Waals surface area contributed by atoms with Gasteiger partial charge in [0.25, 0.3) is 0 Å². The van der Waals surface area contributed by atoms with Crippen LogP contribution < -0.4 is 4.74 Å². The summed E-state index contributed by atoms with van der Waals surface area (Å²) in [5, 5.41) is 0.629. The molecule has 0 amide bonds. The van der Waals surface area contributed by atoms with E-state index in [4.69, 9.17) is 4.74 Å². The molecule has 0 aliphatic heterocycles. The first-order chi connectivity index (χ1) is 11.4. The van der Waals surface area contributed by atoms with Gasteiger partial charge >= 0.3 is 6.18 Å². The largest absolute Gasteiger partial charge is 0.477 e. The van der Waals surface area contributed by atoms with E-state index < -0.39 is 17.6 Å². The molecule has 24 heavy (non-hydrogen) atoms. The van der Waals surface area contributed by atoms with Crippen molar-refractivity contribution in [1.29, 1.82) is 0 Å². The molecular formula is C18H13F4NO. The number of benzene rings is 2. The Bertz CT molecular complexity index is 861. The molecule has 0 aliphatic carbocycles. The monoisotopic (exact) mass is 335 g/mol. The summed E-state index contributed by atoms with van der Waals surface area (Å²) in [7, 11) is 0. The van der Waals surface area contributed by atoms with Gasteiger partial charge in [-0.1, -0.05) is 30.3 Å². The van der Waals surface area contributed by atoms with Crippen molar-refractivity contribution < 1.29 is 22.3 Å². The second-order valence-corrected chi connectivity index (χ2v) is 5.21. The van der Waals surface area contributed by atoms with Gasteiger partial charge < -0.3 is 4.74 Å². The second-order valence-electron chi connectivity index (χ2n) is 5.21. The zero-order valence-corrected chi connectivity index (χ0v) is 12.5. The quantitative estimate of drug-likeness (QED) is 0.625. The molecule has 3 rings (SSSR count). The van der Waals surface area contributed by atoms with Gasteiger partial charge in [0.2, 0.25) is 5.88 Å². The lowest BCUT2D eigenvalue weighted by Crippen LogP contribution is -2.11. The highest BCUT2D eigenvalue weighted by atomic mass is 19.4. The smallest absolute Gasteiger partial charge is 0.416 e. The van der Waals surface area contributed by atoms with Crippen LogP contribution in [0, 0.1) is 5.82 Å². The molecule has 1 aromatic heterocycles. The third kappa shape index (κ3) is 3.48. The Hall–Kier alpha value is -2.63. The van der Waals surface area contributed by atoms with E-state index in [9.17, 15) is 17.6 Å². The summed E-state index contributed by atoms with van der Waals surface area (Å²) < 4.78 is 57.9. The standard InChI is InChI=1S/C18H13F4NO/c19-15-7-3-5-13-8-9-16(23-17(13)15)24-11-10-12-4-1-2-6-14(12)18(20,21)22/h1-9H,10-11H2. The molecule has 124 valence electrons. The molecule has 0 atom stereocenters. The number of hydrogen-bond acceptors (Lipinski definition) is 2. The van der Waals surface area contributed by atoms with Crippen LogP contribution in [0.25, 0.3) is 10.9 Å². The summed E-state index contributed by atoms with van der Waals surface area (Å²) in [6.45, 7) is 0.0139. The fourth-order valence-electron chi connectivity index (χ4n) is 2.45. The molecule has 0 bridgehead atoms. The second kappa shape index (κ2) is 6.47.